The SMILES string of the molecule is CC.CC(=O)c1ccc[nH]1.[HH]. The highest BCUT2D eigenvalue weighted by molar-refractivity contribution is 5.92. The van der Waals surface area contributed by atoms with Crippen molar-refractivity contribution in [2.45, 2.75) is 20.8 Å². The Balaban J connectivity index is 0. The van der Waals surface area contributed by atoms with Gasteiger partial charge in [0.25, 0.3) is 0 Å². The van der Waals surface area contributed by atoms with E-state index in [1.54, 1.807) is 18.3 Å². The maximum atomic E-state index is 10.5. The number of carbonyl (C=O) groups excluding carboxylic acids is 1. The summed E-state index contributed by atoms with van der Waals surface area (Å²) >= 11 is 0. The molecule has 58 valence electrons. The number of H-pyrrole nitrogens is 1. The largest absolute Gasteiger partial charge is 0.359 e. The third kappa shape index (κ3) is 2.49. The van der Waals surface area contributed by atoms with Gasteiger partial charge in [0.2, 0.25) is 0 Å². The van der Waals surface area contributed by atoms with Gasteiger partial charge in [0, 0.05) is 14.5 Å². The topological polar surface area (TPSA) is 32.9 Å². The molecule has 0 fully saturated rings. The fourth-order valence-corrected chi connectivity index (χ4v) is 0.549. The van der Waals surface area contributed by atoms with E-state index in [-0.39, 0.29) is 7.21 Å². The van der Waals surface area contributed by atoms with Gasteiger partial charge in [-0.2, -0.15) is 0 Å². The van der Waals surface area contributed by atoms with Crippen LogP contribution in [0.2, 0.25) is 0 Å². The molecule has 1 N–H and O–H groups in total. The van der Waals surface area contributed by atoms with E-state index in [0.29, 0.717) is 5.69 Å². The van der Waals surface area contributed by atoms with Crippen LogP contribution in [0.1, 0.15) is 32.7 Å². The molecule has 0 radical (unpaired) electrons. The van der Waals surface area contributed by atoms with E-state index in [2.05, 4.69) is 4.98 Å². The van der Waals surface area contributed by atoms with Crippen LogP contribution >= 0.6 is 0 Å². The van der Waals surface area contributed by atoms with Gasteiger partial charge in [0.15, 0.2) is 5.78 Å². The van der Waals surface area contributed by atoms with Crippen LogP contribution in [0.3, 0.4) is 0 Å². The molecule has 10 heavy (non-hydrogen) atoms. The third-order valence-electron chi connectivity index (χ3n) is 0.977. The lowest BCUT2D eigenvalue weighted by molar-refractivity contribution is 0.101. The van der Waals surface area contributed by atoms with E-state index in [9.17, 15) is 4.79 Å². The first-order valence-corrected chi connectivity index (χ1v) is 3.45. The number of carbonyl (C=O) groups is 1. The number of Topliss-reactive ketones (excluding diaryl/α,β-unsaturated/α-hetero) is 1. The molecule has 0 aliphatic rings. The first-order valence-electron chi connectivity index (χ1n) is 3.45. The second-order valence-corrected chi connectivity index (χ2v) is 1.64. The maximum absolute atomic E-state index is 10.5. The van der Waals surface area contributed by atoms with Crippen LogP contribution in [0.15, 0.2) is 18.3 Å². The van der Waals surface area contributed by atoms with Crippen molar-refractivity contribution in [2.75, 3.05) is 0 Å². The third-order valence-corrected chi connectivity index (χ3v) is 0.977. The van der Waals surface area contributed by atoms with Crippen LogP contribution in [-0.4, -0.2) is 10.8 Å². The molecule has 0 atom stereocenters. The molecule has 0 unspecified atom stereocenters. The van der Waals surface area contributed by atoms with Gasteiger partial charge in [-0.05, 0) is 12.1 Å². The molecule has 1 heterocycles. The van der Waals surface area contributed by atoms with E-state index in [4.69, 9.17) is 0 Å². The van der Waals surface area contributed by atoms with E-state index in [0.717, 1.165) is 0 Å². The Kier molecular flexibility index (Phi) is 4.29. The van der Waals surface area contributed by atoms with Crippen molar-refractivity contribution >= 4 is 5.78 Å². The lowest BCUT2D eigenvalue weighted by atomic mass is 10.3. The highest BCUT2D eigenvalue weighted by Crippen LogP contribution is 1.93. The summed E-state index contributed by atoms with van der Waals surface area (Å²) in [6.07, 6.45) is 1.73. The second-order valence-electron chi connectivity index (χ2n) is 1.64. The number of aromatic amines is 1. The summed E-state index contributed by atoms with van der Waals surface area (Å²) in [5.74, 6) is 0.0787. The van der Waals surface area contributed by atoms with Crippen molar-refractivity contribution in [2.24, 2.45) is 0 Å². The molecule has 1 aromatic heterocycles. The van der Waals surface area contributed by atoms with E-state index >= 15 is 0 Å². The zero-order chi connectivity index (χ0) is 7.98. The van der Waals surface area contributed by atoms with Crippen LogP contribution in [0, 0.1) is 0 Å². The van der Waals surface area contributed by atoms with Gasteiger partial charge in [0.1, 0.15) is 0 Å². The average molecular weight is 141 g/mol. The summed E-state index contributed by atoms with van der Waals surface area (Å²) in [7, 11) is 0. The maximum Gasteiger partial charge on any atom is 0.175 e. The van der Waals surface area contributed by atoms with Gasteiger partial charge in [-0.1, -0.05) is 13.8 Å². The van der Waals surface area contributed by atoms with Gasteiger partial charge in [0.05, 0.1) is 5.69 Å². The Morgan fingerprint density at radius 2 is 2.20 bits per heavy atom. The van der Waals surface area contributed by atoms with E-state index in [1.807, 2.05) is 13.8 Å². The molecule has 0 amide bonds. The molecule has 2 heteroatoms. The first kappa shape index (κ1) is 8.95. The van der Waals surface area contributed by atoms with Crippen molar-refractivity contribution < 1.29 is 6.22 Å². The Hall–Kier alpha value is -1.05. The molecule has 1 aromatic rings. The van der Waals surface area contributed by atoms with Crippen molar-refractivity contribution in [3.05, 3.63) is 24.0 Å². The van der Waals surface area contributed by atoms with Gasteiger partial charge >= 0.3 is 0 Å². The minimum Gasteiger partial charge on any atom is -0.359 e. The molecule has 0 aliphatic carbocycles. The number of rotatable bonds is 1. The van der Waals surface area contributed by atoms with Gasteiger partial charge in [-0.15, -0.1) is 0 Å². The van der Waals surface area contributed by atoms with Crippen molar-refractivity contribution in [1.82, 2.24) is 4.98 Å². The van der Waals surface area contributed by atoms with Crippen LogP contribution in [-0.2, 0) is 0 Å². The molecule has 2 nitrogen and oxygen atoms in total. The number of ketones is 1. The normalized spacial score (nSPS) is 7.90. The lowest BCUT2D eigenvalue weighted by Gasteiger charge is -1.81. The van der Waals surface area contributed by atoms with Crippen molar-refractivity contribution in [1.29, 1.82) is 0 Å². The van der Waals surface area contributed by atoms with Crippen molar-refractivity contribution in [3.63, 3.8) is 0 Å². The van der Waals surface area contributed by atoms with Crippen LogP contribution in [0.4, 0.5) is 0 Å². The summed E-state index contributed by atoms with van der Waals surface area (Å²) in [5, 5.41) is 0. The zero-order valence-electron chi connectivity index (χ0n) is 6.64. The van der Waals surface area contributed by atoms with E-state index in [1.165, 1.54) is 6.92 Å². The van der Waals surface area contributed by atoms with Gasteiger partial charge in [-0.3, -0.25) is 4.79 Å². The summed E-state index contributed by atoms with van der Waals surface area (Å²) in [6.45, 7) is 5.53. The van der Waals surface area contributed by atoms with Gasteiger partial charge in [-0.25, -0.2) is 0 Å². The summed E-state index contributed by atoms with van der Waals surface area (Å²) < 4.78 is 0. The molecule has 0 spiro atoms. The number of hydrogen-bond acceptors (Lipinski definition) is 1. The quantitative estimate of drug-likeness (QED) is 0.599. The Morgan fingerprint density at radius 3 is 2.40 bits per heavy atom. The highest BCUT2D eigenvalue weighted by Gasteiger charge is 1.94. The molecule has 0 saturated carbocycles. The smallest absolute Gasteiger partial charge is 0.175 e. The Bertz CT molecular complexity index is 182. The molecule has 0 aliphatic heterocycles. The monoisotopic (exact) mass is 141 g/mol. The van der Waals surface area contributed by atoms with Crippen LogP contribution < -0.4 is 0 Å². The van der Waals surface area contributed by atoms with Gasteiger partial charge < -0.3 is 4.98 Å². The Labute approximate surface area is 62.8 Å². The predicted molar refractivity (Wildman–Crippen MR) is 44.3 cm³/mol. The number of nitrogens with one attached hydrogen (secondary N) is 1. The molecule has 1 rings (SSSR count). The van der Waals surface area contributed by atoms with Crippen LogP contribution in [0.5, 0.6) is 0 Å². The molecule has 0 bridgehead atoms. The number of aromatic nitrogens is 1. The summed E-state index contributed by atoms with van der Waals surface area (Å²) in [6, 6.07) is 3.55. The Morgan fingerprint density at radius 1 is 1.60 bits per heavy atom. The zero-order valence-corrected chi connectivity index (χ0v) is 6.64. The molecule has 0 saturated heterocycles. The molecular formula is C8H15NO. The minimum absolute atomic E-state index is 0. The fourth-order valence-electron chi connectivity index (χ4n) is 0.549. The average Bonchev–Trinajstić information content (AvgIpc) is 2.42. The number of hydrogen-bond donors (Lipinski definition) is 1. The first-order chi connectivity index (χ1) is 4.80. The van der Waals surface area contributed by atoms with Crippen molar-refractivity contribution in [3.8, 4) is 0 Å². The summed E-state index contributed by atoms with van der Waals surface area (Å²) in [4.78, 5) is 13.3. The molecule has 0 aromatic carbocycles. The fraction of sp³-hybridized carbons (Fsp3) is 0.375. The second kappa shape index (κ2) is 4.79. The lowest BCUT2D eigenvalue weighted by Crippen LogP contribution is -1.89. The minimum atomic E-state index is 0. The molecular weight excluding hydrogens is 126 g/mol. The summed E-state index contributed by atoms with van der Waals surface area (Å²) in [5.41, 5.74) is 0.671. The van der Waals surface area contributed by atoms with E-state index < -0.39 is 0 Å². The van der Waals surface area contributed by atoms with Crippen LogP contribution in [0.25, 0.3) is 0 Å². The highest BCUT2D eigenvalue weighted by atomic mass is 16.1. The predicted octanol–water partition coefficient (Wildman–Crippen LogP) is 2.49. The standard InChI is InChI=1S/C6H7NO.C2H6.H2/c1-5(8)6-3-2-4-7-6;1-2;/h2-4,7H,1H3;1-2H3;1H.